The quantitative estimate of drug-likeness (QED) is 0.791. The third-order valence-corrected chi connectivity index (χ3v) is 4.66. The highest BCUT2D eigenvalue weighted by Gasteiger charge is 2.15. The van der Waals surface area contributed by atoms with Gasteiger partial charge in [-0.05, 0) is 55.5 Å². The van der Waals surface area contributed by atoms with E-state index in [0.29, 0.717) is 0 Å². The minimum atomic E-state index is 0.277. The van der Waals surface area contributed by atoms with Gasteiger partial charge in [-0.3, -0.25) is 0 Å². The molecule has 0 aromatic heterocycles. The Hall–Kier alpha value is -0.960. The van der Waals surface area contributed by atoms with Gasteiger partial charge >= 0.3 is 0 Å². The Morgan fingerprint density at radius 2 is 1.95 bits per heavy atom. The van der Waals surface area contributed by atoms with Crippen molar-refractivity contribution in [3.05, 3.63) is 64.2 Å². The van der Waals surface area contributed by atoms with Crippen LogP contribution >= 0.6 is 23.4 Å². The van der Waals surface area contributed by atoms with Crippen molar-refractivity contribution >= 4 is 23.4 Å². The summed E-state index contributed by atoms with van der Waals surface area (Å²) in [5, 5.41) is 4.27. The monoisotopic (exact) mass is 305 g/mol. The summed E-state index contributed by atoms with van der Waals surface area (Å²) in [6, 6.07) is 15.1. The van der Waals surface area contributed by atoms with E-state index >= 15 is 0 Å². The third-order valence-electron chi connectivity index (χ3n) is 3.50. The highest BCUT2D eigenvalue weighted by Crippen LogP contribution is 2.29. The minimum absolute atomic E-state index is 0.277. The maximum absolute atomic E-state index is 6.36. The number of hydrogen-bond acceptors (Lipinski definition) is 2. The number of rotatable bonds is 5. The molecule has 3 heteroatoms. The molecule has 2 aromatic carbocycles. The largest absolute Gasteiger partial charge is 0.313 e. The highest BCUT2D eigenvalue weighted by atomic mass is 35.5. The standard InChI is InChI=1S/C17H20ClNS/c1-12-8-9-13(15(18)10-12)11-16(19-2)14-6-4-5-7-17(14)20-3/h4-10,16,19H,11H2,1-3H3. The number of thioether (sulfide) groups is 1. The smallest absolute Gasteiger partial charge is 0.0441 e. The topological polar surface area (TPSA) is 12.0 Å². The lowest BCUT2D eigenvalue weighted by molar-refractivity contribution is 0.583. The molecular weight excluding hydrogens is 286 g/mol. The van der Waals surface area contributed by atoms with E-state index in [9.17, 15) is 0 Å². The molecule has 0 spiro atoms. The molecule has 0 amide bonds. The zero-order chi connectivity index (χ0) is 14.5. The van der Waals surface area contributed by atoms with Gasteiger partial charge in [0.05, 0.1) is 0 Å². The van der Waals surface area contributed by atoms with E-state index in [2.05, 4.69) is 54.9 Å². The molecule has 0 aliphatic rings. The number of halogens is 1. The molecule has 2 rings (SSSR count). The van der Waals surface area contributed by atoms with Gasteiger partial charge in [0.2, 0.25) is 0 Å². The first-order chi connectivity index (χ1) is 9.65. The summed E-state index contributed by atoms with van der Waals surface area (Å²) in [6.07, 6.45) is 3.01. The molecule has 1 nitrogen and oxygen atoms in total. The van der Waals surface area contributed by atoms with Crippen LogP contribution in [0.5, 0.6) is 0 Å². The number of aryl methyl sites for hydroxylation is 1. The van der Waals surface area contributed by atoms with E-state index in [1.807, 2.05) is 13.1 Å². The summed E-state index contributed by atoms with van der Waals surface area (Å²) in [5.74, 6) is 0. The van der Waals surface area contributed by atoms with Crippen LogP contribution in [0.2, 0.25) is 5.02 Å². The molecule has 0 fully saturated rings. The van der Waals surface area contributed by atoms with Crippen LogP contribution in [-0.2, 0) is 6.42 Å². The average molecular weight is 306 g/mol. The van der Waals surface area contributed by atoms with E-state index in [1.54, 1.807) is 11.8 Å². The fourth-order valence-electron chi connectivity index (χ4n) is 2.36. The normalized spacial score (nSPS) is 12.4. The number of benzene rings is 2. The molecule has 0 saturated heterocycles. The van der Waals surface area contributed by atoms with Gasteiger partial charge in [-0.15, -0.1) is 11.8 Å². The molecule has 2 aromatic rings. The molecule has 1 N–H and O–H groups in total. The molecule has 20 heavy (non-hydrogen) atoms. The molecule has 1 unspecified atom stereocenters. The van der Waals surface area contributed by atoms with Crippen LogP contribution in [0.1, 0.15) is 22.7 Å². The van der Waals surface area contributed by atoms with Gasteiger partial charge in [0.25, 0.3) is 0 Å². The summed E-state index contributed by atoms with van der Waals surface area (Å²) in [4.78, 5) is 1.31. The summed E-state index contributed by atoms with van der Waals surface area (Å²) >= 11 is 8.14. The van der Waals surface area contributed by atoms with E-state index in [-0.39, 0.29) is 6.04 Å². The van der Waals surface area contributed by atoms with Gasteiger partial charge in [0.15, 0.2) is 0 Å². The van der Waals surface area contributed by atoms with Crippen molar-refractivity contribution < 1.29 is 0 Å². The summed E-state index contributed by atoms with van der Waals surface area (Å²) in [6.45, 7) is 2.06. The second-order valence-corrected chi connectivity index (χ2v) is 6.14. The molecule has 0 heterocycles. The predicted molar refractivity (Wildman–Crippen MR) is 89.9 cm³/mol. The summed E-state index contributed by atoms with van der Waals surface area (Å²) < 4.78 is 0. The van der Waals surface area contributed by atoms with Gasteiger partial charge < -0.3 is 5.32 Å². The number of likely N-dealkylation sites (N-methyl/N-ethyl adjacent to an activating group) is 1. The van der Waals surface area contributed by atoms with Crippen LogP contribution in [0.15, 0.2) is 47.4 Å². The van der Waals surface area contributed by atoms with Crippen molar-refractivity contribution in [3.63, 3.8) is 0 Å². The van der Waals surface area contributed by atoms with Crippen LogP contribution < -0.4 is 5.32 Å². The lowest BCUT2D eigenvalue weighted by Gasteiger charge is -2.20. The Labute approximate surface area is 130 Å². The maximum Gasteiger partial charge on any atom is 0.0441 e. The zero-order valence-corrected chi connectivity index (χ0v) is 13.7. The molecule has 0 aliphatic heterocycles. The van der Waals surface area contributed by atoms with Crippen LogP contribution in [0.4, 0.5) is 0 Å². The lowest BCUT2D eigenvalue weighted by Crippen LogP contribution is -2.19. The number of nitrogens with one attached hydrogen (secondary N) is 1. The Kier molecular flexibility index (Phi) is 5.53. The van der Waals surface area contributed by atoms with Gasteiger partial charge in [0.1, 0.15) is 0 Å². The van der Waals surface area contributed by atoms with Crippen molar-refractivity contribution in [3.8, 4) is 0 Å². The van der Waals surface area contributed by atoms with E-state index in [0.717, 1.165) is 11.4 Å². The van der Waals surface area contributed by atoms with Crippen molar-refractivity contribution in [2.75, 3.05) is 13.3 Å². The fraction of sp³-hybridized carbons (Fsp3) is 0.294. The molecule has 0 saturated carbocycles. The highest BCUT2D eigenvalue weighted by molar-refractivity contribution is 7.98. The summed E-state index contributed by atoms with van der Waals surface area (Å²) in [7, 11) is 2.00. The van der Waals surface area contributed by atoms with Crippen molar-refractivity contribution in [1.29, 1.82) is 0 Å². The first-order valence-electron chi connectivity index (χ1n) is 6.71. The van der Waals surface area contributed by atoms with Gasteiger partial charge in [-0.2, -0.15) is 0 Å². The summed E-state index contributed by atoms with van der Waals surface area (Å²) in [5.41, 5.74) is 3.72. The Balaban J connectivity index is 2.29. The second kappa shape index (κ2) is 7.16. The fourth-order valence-corrected chi connectivity index (χ4v) is 3.33. The Bertz CT molecular complexity index is 583. The van der Waals surface area contributed by atoms with Crippen LogP contribution in [0.3, 0.4) is 0 Å². The van der Waals surface area contributed by atoms with Crippen LogP contribution in [0.25, 0.3) is 0 Å². The maximum atomic E-state index is 6.36. The van der Waals surface area contributed by atoms with Crippen molar-refractivity contribution in [1.82, 2.24) is 5.32 Å². The molecule has 0 bridgehead atoms. The molecule has 1 atom stereocenters. The Morgan fingerprint density at radius 1 is 1.20 bits per heavy atom. The minimum Gasteiger partial charge on any atom is -0.313 e. The van der Waals surface area contributed by atoms with Gasteiger partial charge in [-0.25, -0.2) is 0 Å². The molecular formula is C17H20ClNS. The molecule has 0 radical (unpaired) electrons. The molecule has 0 aliphatic carbocycles. The second-order valence-electron chi connectivity index (χ2n) is 4.88. The van der Waals surface area contributed by atoms with E-state index < -0.39 is 0 Å². The average Bonchev–Trinajstić information content (AvgIpc) is 2.46. The lowest BCUT2D eigenvalue weighted by atomic mass is 9.98. The zero-order valence-electron chi connectivity index (χ0n) is 12.1. The number of hydrogen-bond donors (Lipinski definition) is 1. The Morgan fingerprint density at radius 3 is 2.60 bits per heavy atom. The van der Waals surface area contributed by atoms with Crippen molar-refractivity contribution in [2.45, 2.75) is 24.3 Å². The first-order valence-corrected chi connectivity index (χ1v) is 8.31. The van der Waals surface area contributed by atoms with Crippen LogP contribution in [0, 0.1) is 6.92 Å². The van der Waals surface area contributed by atoms with E-state index in [4.69, 9.17) is 11.6 Å². The predicted octanol–water partition coefficient (Wildman–Crippen LogP) is 4.87. The first kappa shape index (κ1) is 15.4. The molecule has 106 valence electrons. The third kappa shape index (κ3) is 3.57. The van der Waals surface area contributed by atoms with Gasteiger partial charge in [-0.1, -0.05) is 41.9 Å². The van der Waals surface area contributed by atoms with Crippen molar-refractivity contribution in [2.24, 2.45) is 0 Å². The van der Waals surface area contributed by atoms with E-state index in [1.165, 1.54) is 21.6 Å². The van der Waals surface area contributed by atoms with Crippen LogP contribution in [-0.4, -0.2) is 13.3 Å². The van der Waals surface area contributed by atoms with Gasteiger partial charge in [0, 0.05) is 16.0 Å². The SMILES string of the molecule is CNC(Cc1ccc(C)cc1Cl)c1ccccc1SC.